The van der Waals surface area contributed by atoms with Crippen LogP contribution in [0.5, 0.6) is 0 Å². The molecule has 1 heterocycles. The minimum Gasteiger partial charge on any atom is -0.398 e. The molecule has 2 aromatic rings. The Hall–Kier alpha value is -2.46. The van der Waals surface area contributed by atoms with E-state index in [1.54, 1.807) is 18.2 Å². The van der Waals surface area contributed by atoms with Crippen molar-refractivity contribution in [1.82, 2.24) is 9.97 Å². The summed E-state index contributed by atoms with van der Waals surface area (Å²) in [5.41, 5.74) is 18.0. The summed E-state index contributed by atoms with van der Waals surface area (Å²) >= 11 is 1.21. The van der Waals surface area contributed by atoms with E-state index < -0.39 is 0 Å². The van der Waals surface area contributed by atoms with Crippen molar-refractivity contribution in [2.45, 2.75) is 10.1 Å². The van der Waals surface area contributed by atoms with Gasteiger partial charge in [0.15, 0.2) is 5.16 Å². The minimum atomic E-state index is 0.292. The Labute approximate surface area is 108 Å². The zero-order valence-corrected chi connectivity index (χ0v) is 10.1. The molecule has 7 heteroatoms. The number of nitriles is 1. The van der Waals surface area contributed by atoms with Gasteiger partial charge in [-0.2, -0.15) is 5.26 Å². The minimum absolute atomic E-state index is 0.292. The standard InChI is InChI=1S/C11H10N6S/c12-5-6-1-2-7(13)8(3-6)18-11-16-9(14)4-10(15)17-11/h1-4H,13H2,(H4,14,15,16,17). The van der Waals surface area contributed by atoms with E-state index in [0.717, 1.165) is 0 Å². The van der Waals surface area contributed by atoms with Crippen LogP contribution in [0.4, 0.5) is 17.3 Å². The lowest BCUT2D eigenvalue weighted by molar-refractivity contribution is 0.985. The van der Waals surface area contributed by atoms with Crippen LogP contribution in [0, 0.1) is 11.3 Å². The number of rotatable bonds is 2. The number of nitrogen functional groups attached to an aromatic ring is 3. The Kier molecular flexibility index (Phi) is 3.21. The van der Waals surface area contributed by atoms with Gasteiger partial charge >= 0.3 is 0 Å². The topological polar surface area (TPSA) is 128 Å². The molecular weight excluding hydrogens is 248 g/mol. The molecule has 1 aromatic heterocycles. The highest BCUT2D eigenvalue weighted by Gasteiger charge is 2.07. The largest absolute Gasteiger partial charge is 0.398 e. The van der Waals surface area contributed by atoms with Crippen molar-refractivity contribution in [3.05, 3.63) is 29.8 Å². The number of aromatic nitrogens is 2. The smallest absolute Gasteiger partial charge is 0.196 e. The maximum Gasteiger partial charge on any atom is 0.196 e. The van der Waals surface area contributed by atoms with Gasteiger partial charge in [-0.3, -0.25) is 0 Å². The molecule has 0 unspecified atom stereocenters. The predicted molar refractivity (Wildman–Crippen MR) is 70.5 cm³/mol. The monoisotopic (exact) mass is 258 g/mol. The van der Waals surface area contributed by atoms with E-state index in [-0.39, 0.29) is 0 Å². The van der Waals surface area contributed by atoms with Crippen LogP contribution in [0.2, 0.25) is 0 Å². The van der Waals surface area contributed by atoms with Gasteiger partial charge in [-0.25, -0.2) is 9.97 Å². The first-order valence-electron chi connectivity index (χ1n) is 4.96. The third-order valence-corrected chi connectivity index (χ3v) is 3.03. The SMILES string of the molecule is N#Cc1ccc(N)c(Sc2nc(N)cc(N)n2)c1. The second-order valence-electron chi connectivity index (χ2n) is 3.47. The summed E-state index contributed by atoms with van der Waals surface area (Å²) in [6, 6.07) is 8.49. The van der Waals surface area contributed by atoms with Crippen LogP contribution in [-0.2, 0) is 0 Å². The summed E-state index contributed by atoms with van der Waals surface area (Å²) in [7, 11) is 0. The maximum absolute atomic E-state index is 8.84. The summed E-state index contributed by atoms with van der Waals surface area (Å²) in [6.45, 7) is 0. The van der Waals surface area contributed by atoms with Crippen LogP contribution in [0.15, 0.2) is 34.3 Å². The van der Waals surface area contributed by atoms with Crippen LogP contribution in [-0.4, -0.2) is 9.97 Å². The van der Waals surface area contributed by atoms with Crippen molar-refractivity contribution in [2.75, 3.05) is 17.2 Å². The van der Waals surface area contributed by atoms with Gasteiger partial charge in [0.2, 0.25) is 0 Å². The molecule has 0 spiro atoms. The maximum atomic E-state index is 8.84. The molecule has 18 heavy (non-hydrogen) atoms. The average Bonchev–Trinajstić information content (AvgIpc) is 2.30. The van der Waals surface area contributed by atoms with Crippen molar-refractivity contribution >= 4 is 29.1 Å². The molecule has 0 saturated heterocycles. The second-order valence-corrected chi connectivity index (χ2v) is 4.48. The fourth-order valence-electron chi connectivity index (χ4n) is 1.30. The van der Waals surface area contributed by atoms with Gasteiger partial charge in [0.05, 0.1) is 11.6 Å². The zero-order valence-electron chi connectivity index (χ0n) is 9.29. The van der Waals surface area contributed by atoms with Crippen LogP contribution in [0.25, 0.3) is 0 Å². The zero-order chi connectivity index (χ0) is 13.1. The first kappa shape index (κ1) is 12.0. The highest BCUT2D eigenvalue weighted by atomic mass is 32.2. The summed E-state index contributed by atoms with van der Waals surface area (Å²) in [5, 5.41) is 9.23. The van der Waals surface area contributed by atoms with E-state index in [2.05, 4.69) is 9.97 Å². The second kappa shape index (κ2) is 4.81. The molecule has 0 aliphatic carbocycles. The van der Waals surface area contributed by atoms with E-state index in [1.807, 2.05) is 6.07 Å². The lowest BCUT2D eigenvalue weighted by atomic mass is 10.2. The van der Waals surface area contributed by atoms with Crippen molar-refractivity contribution in [2.24, 2.45) is 0 Å². The lowest BCUT2D eigenvalue weighted by Crippen LogP contribution is -1.99. The summed E-state index contributed by atoms with van der Waals surface area (Å²) < 4.78 is 0. The first-order chi connectivity index (χ1) is 8.58. The van der Waals surface area contributed by atoms with Crippen molar-refractivity contribution in [1.29, 1.82) is 5.26 Å². The molecule has 0 aliphatic heterocycles. The molecule has 6 N–H and O–H groups in total. The van der Waals surface area contributed by atoms with Gasteiger partial charge in [-0.15, -0.1) is 0 Å². The Morgan fingerprint density at radius 1 is 1.06 bits per heavy atom. The summed E-state index contributed by atoms with van der Waals surface area (Å²) in [4.78, 5) is 8.77. The predicted octanol–water partition coefficient (Wildman–Crippen LogP) is 1.25. The fraction of sp³-hybridized carbons (Fsp3) is 0. The number of nitrogens with two attached hydrogens (primary N) is 3. The Bertz CT molecular complexity index is 614. The van der Waals surface area contributed by atoms with E-state index in [1.165, 1.54) is 17.8 Å². The molecule has 6 nitrogen and oxygen atoms in total. The summed E-state index contributed by atoms with van der Waals surface area (Å²) in [6.07, 6.45) is 0. The number of hydrogen-bond donors (Lipinski definition) is 3. The molecule has 0 aliphatic rings. The third kappa shape index (κ3) is 2.61. The summed E-state index contributed by atoms with van der Waals surface area (Å²) in [5.74, 6) is 0.583. The van der Waals surface area contributed by atoms with Crippen molar-refractivity contribution in [3.8, 4) is 6.07 Å². The van der Waals surface area contributed by atoms with Crippen molar-refractivity contribution < 1.29 is 0 Å². The molecule has 0 atom stereocenters. The number of benzene rings is 1. The molecule has 0 bridgehead atoms. The number of anilines is 3. The number of nitrogens with zero attached hydrogens (tertiary/aromatic N) is 3. The van der Waals surface area contributed by atoms with Gasteiger partial charge < -0.3 is 17.2 Å². The van der Waals surface area contributed by atoms with Crippen LogP contribution in [0.3, 0.4) is 0 Å². The van der Waals surface area contributed by atoms with Gasteiger partial charge in [-0.1, -0.05) is 0 Å². The van der Waals surface area contributed by atoms with Gasteiger partial charge in [0.25, 0.3) is 0 Å². The van der Waals surface area contributed by atoms with Gasteiger partial charge in [-0.05, 0) is 30.0 Å². The number of hydrogen-bond acceptors (Lipinski definition) is 7. The molecular formula is C11H10N6S. The van der Waals surface area contributed by atoms with E-state index in [9.17, 15) is 0 Å². The molecule has 0 fully saturated rings. The lowest BCUT2D eigenvalue weighted by Gasteiger charge is -2.05. The van der Waals surface area contributed by atoms with Gasteiger partial charge in [0.1, 0.15) is 11.6 Å². The highest BCUT2D eigenvalue weighted by Crippen LogP contribution is 2.31. The van der Waals surface area contributed by atoms with Crippen LogP contribution in [0.1, 0.15) is 5.56 Å². The molecule has 90 valence electrons. The van der Waals surface area contributed by atoms with Crippen LogP contribution < -0.4 is 17.2 Å². The molecule has 0 saturated carbocycles. The Balaban J connectivity index is 2.36. The molecule has 1 aromatic carbocycles. The quantitative estimate of drug-likeness (QED) is 0.546. The van der Waals surface area contributed by atoms with Crippen LogP contribution >= 0.6 is 11.8 Å². The molecule has 0 amide bonds. The average molecular weight is 258 g/mol. The Morgan fingerprint density at radius 3 is 2.33 bits per heavy atom. The van der Waals surface area contributed by atoms with E-state index in [4.69, 9.17) is 22.5 Å². The van der Waals surface area contributed by atoms with E-state index in [0.29, 0.717) is 32.9 Å². The molecule has 0 radical (unpaired) electrons. The third-order valence-electron chi connectivity index (χ3n) is 2.09. The van der Waals surface area contributed by atoms with Gasteiger partial charge in [0, 0.05) is 16.6 Å². The normalized spacial score (nSPS) is 9.94. The van der Waals surface area contributed by atoms with Crippen molar-refractivity contribution in [3.63, 3.8) is 0 Å². The fourth-order valence-corrected chi connectivity index (χ4v) is 2.17. The highest BCUT2D eigenvalue weighted by molar-refractivity contribution is 7.99. The first-order valence-corrected chi connectivity index (χ1v) is 5.77. The van der Waals surface area contributed by atoms with E-state index >= 15 is 0 Å². The molecule has 2 rings (SSSR count). The Morgan fingerprint density at radius 2 is 1.72 bits per heavy atom.